The minimum absolute atomic E-state index is 0.113. The molecule has 20 heavy (non-hydrogen) atoms. The predicted molar refractivity (Wildman–Crippen MR) is 74.2 cm³/mol. The van der Waals surface area contributed by atoms with E-state index in [9.17, 15) is 20.0 Å². The molecule has 0 bridgehead atoms. The highest BCUT2D eigenvalue weighted by molar-refractivity contribution is 7.18. The van der Waals surface area contributed by atoms with Crippen molar-refractivity contribution < 1.29 is 14.8 Å². The summed E-state index contributed by atoms with van der Waals surface area (Å²) < 4.78 is 0. The van der Waals surface area contributed by atoms with Crippen LogP contribution in [0.25, 0.3) is 0 Å². The molecule has 0 spiro atoms. The number of amides is 1. The molecule has 0 aliphatic rings. The van der Waals surface area contributed by atoms with E-state index in [0.717, 1.165) is 29.5 Å². The highest BCUT2D eigenvalue weighted by Gasteiger charge is 2.16. The van der Waals surface area contributed by atoms with E-state index in [1.807, 2.05) is 6.92 Å². The molecule has 0 fully saturated rings. The quantitative estimate of drug-likeness (QED) is 0.665. The van der Waals surface area contributed by atoms with Crippen LogP contribution in [0, 0.1) is 10.1 Å². The molecular formula is C12H11N3O4S. The van der Waals surface area contributed by atoms with Crippen molar-refractivity contribution in [2.75, 3.05) is 5.32 Å². The summed E-state index contributed by atoms with van der Waals surface area (Å²) in [5, 5.41) is 22.6. The lowest BCUT2D eigenvalue weighted by Gasteiger charge is -2.06. The molecule has 0 saturated carbocycles. The van der Waals surface area contributed by atoms with Gasteiger partial charge in [-0.2, -0.15) is 0 Å². The number of aromatic hydroxyl groups is 1. The molecule has 2 N–H and O–H groups in total. The number of nitrogens with zero attached hydrogens (tertiary/aromatic N) is 2. The maximum atomic E-state index is 12.0. The number of hydrogen-bond acceptors (Lipinski definition) is 6. The monoisotopic (exact) mass is 293 g/mol. The number of aromatic nitrogens is 1. The van der Waals surface area contributed by atoms with Crippen molar-refractivity contribution in [1.82, 2.24) is 4.98 Å². The van der Waals surface area contributed by atoms with Gasteiger partial charge in [-0.3, -0.25) is 20.2 Å². The average Bonchev–Trinajstić information content (AvgIpc) is 2.88. The van der Waals surface area contributed by atoms with Crippen LogP contribution in [0.3, 0.4) is 0 Å². The SMILES string of the molecule is CCc1ccc(O)c(C(=O)Nc2ncc([N+](=O)[O-])s2)c1. The van der Waals surface area contributed by atoms with Crippen LogP contribution in [-0.2, 0) is 6.42 Å². The molecule has 104 valence electrons. The highest BCUT2D eigenvalue weighted by atomic mass is 32.1. The van der Waals surface area contributed by atoms with Crippen molar-refractivity contribution >= 4 is 27.4 Å². The van der Waals surface area contributed by atoms with Crippen LogP contribution in [-0.4, -0.2) is 20.9 Å². The summed E-state index contributed by atoms with van der Waals surface area (Å²) in [5.41, 5.74) is 1.01. The van der Waals surface area contributed by atoms with Gasteiger partial charge in [0, 0.05) is 0 Å². The third-order valence-electron chi connectivity index (χ3n) is 2.61. The zero-order valence-electron chi connectivity index (χ0n) is 10.5. The molecule has 8 heteroatoms. The molecule has 7 nitrogen and oxygen atoms in total. The number of anilines is 1. The van der Waals surface area contributed by atoms with E-state index in [2.05, 4.69) is 10.3 Å². The number of benzene rings is 1. The highest BCUT2D eigenvalue weighted by Crippen LogP contribution is 2.26. The Morgan fingerprint density at radius 2 is 2.30 bits per heavy atom. The molecule has 0 aliphatic heterocycles. The molecule has 1 aromatic heterocycles. The third kappa shape index (κ3) is 2.91. The minimum Gasteiger partial charge on any atom is -0.507 e. The molecule has 2 rings (SSSR count). The molecule has 1 heterocycles. The van der Waals surface area contributed by atoms with Crippen molar-refractivity contribution in [3.8, 4) is 5.75 Å². The normalized spacial score (nSPS) is 10.2. The Morgan fingerprint density at radius 1 is 1.55 bits per heavy atom. The van der Waals surface area contributed by atoms with Crippen LogP contribution in [0.2, 0.25) is 0 Å². The number of rotatable bonds is 4. The Balaban J connectivity index is 2.21. The molecular weight excluding hydrogens is 282 g/mol. The molecule has 0 radical (unpaired) electrons. The van der Waals surface area contributed by atoms with Crippen molar-refractivity contribution in [2.24, 2.45) is 0 Å². The van der Waals surface area contributed by atoms with Crippen LogP contribution >= 0.6 is 11.3 Å². The Labute approximate surface area is 118 Å². The van der Waals surface area contributed by atoms with Gasteiger partial charge in [0.1, 0.15) is 11.9 Å². The first-order valence-corrected chi connectivity index (χ1v) is 6.56. The number of carbonyl (C=O) groups is 1. The zero-order chi connectivity index (χ0) is 14.7. The van der Waals surface area contributed by atoms with Crippen LogP contribution < -0.4 is 5.32 Å². The Morgan fingerprint density at radius 3 is 2.90 bits per heavy atom. The summed E-state index contributed by atoms with van der Waals surface area (Å²) >= 11 is 0.756. The maximum Gasteiger partial charge on any atom is 0.345 e. The van der Waals surface area contributed by atoms with Crippen LogP contribution in [0.15, 0.2) is 24.4 Å². The molecule has 1 amide bonds. The van der Waals surface area contributed by atoms with E-state index >= 15 is 0 Å². The lowest BCUT2D eigenvalue weighted by Crippen LogP contribution is -2.12. The number of nitrogens with one attached hydrogen (secondary N) is 1. The molecule has 2 aromatic rings. The summed E-state index contributed by atoms with van der Waals surface area (Å²) in [6.07, 6.45) is 1.80. The lowest BCUT2D eigenvalue weighted by molar-refractivity contribution is -0.380. The van der Waals surface area contributed by atoms with Crippen LogP contribution in [0.5, 0.6) is 5.75 Å². The molecule has 0 unspecified atom stereocenters. The standard InChI is InChI=1S/C12H11N3O4S/c1-2-7-3-4-9(16)8(5-7)11(17)14-12-13-6-10(20-12)15(18)19/h3-6,16H,2H2,1H3,(H,13,14,17). The van der Waals surface area contributed by atoms with Gasteiger partial charge in [0.25, 0.3) is 5.91 Å². The summed E-state index contributed by atoms with van der Waals surface area (Å²) in [6.45, 7) is 1.93. The van der Waals surface area contributed by atoms with E-state index in [0.29, 0.717) is 0 Å². The van der Waals surface area contributed by atoms with E-state index in [-0.39, 0.29) is 21.4 Å². The number of hydrogen-bond donors (Lipinski definition) is 2. The average molecular weight is 293 g/mol. The Hall–Kier alpha value is -2.48. The van der Waals surface area contributed by atoms with E-state index < -0.39 is 10.8 Å². The lowest BCUT2D eigenvalue weighted by atomic mass is 10.1. The fourth-order valence-corrected chi connectivity index (χ4v) is 2.18. The van der Waals surface area contributed by atoms with Gasteiger partial charge in [-0.15, -0.1) is 0 Å². The maximum absolute atomic E-state index is 12.0. The minimum atomic E-state index is -0.581. The summed E-state index contributed by atoms with van der Waals surface area (Å²) in [7, 11) is 0. The predicted octanol–water partition coefficient (Wildman–Crippen LogP) is 2.57. The van der Waals surface area contributed by atoms with Crippen LogP contribution in [0.1, 0.15) is 22.8 Å². The fraction of sp³-hybridized carbons (Fsp3) is 0.167. The van der Waals surface area contributed by atoms with E-state index in [1.165, 1.54) is 6.07 Å². The molecule has 0 atom stereocenters. The van der Waals surface area contributed by atoms with Gasteiger partial charge in [-0.25, -0.2) is 4.98 Å². The van der Waals surface area contributed by atoms with Gasteiger partial charge >= 0.3 is 5.00 Å². The second-order valence-corrected chi connectivity index (χ2v) is 4.93. The number of thiazole rings is 1. The van der Waals surface area contributed by atoms with Crippen molar-refractivity contribution in [2.45, 2.75) is 13.3 Å². The molecule has 0 aliphatic carbocycles. The Kier molecular flexibility index (Phi) is 3.94. The fourth-order valence-electron chi connectivity index (χ4n) is 1.56. The summed E-state index contributed by atoms with van der Waals surface area (Å²) in [6, 6.07) is 4.74. The number of aryl methyl sites for hydroxylation is 1. The largest absolute Gasteiger partial charge is 0.507 e. The van der Waals surface area contributed by atoms with Crippen molar-refractivity contribution in [3.05, 3.63) is 45.6 Å². The number of phenols is 1. The number of carbonyl (C=O) groups excluding carboxylic acids is 1. The van der Waals surface area contributed by atoms with Gasteiger partial charge < -0.3 is 5.11 Å². The molecule has 1 aromatic carbocycles. The van der Waals surface area contributed by atoms with Gasteiger partial charge in [0.15, 0.2) is 5.13 Å². The third-order valence-corrected chi connectivity index (χ3v) is 3.47. The van der Waals surface area contributed by atoms with Crippen LogP contribution in [0.4, 0.5) is 10.1 Å². The van der Waals surface area contributed by atoms with Crippen molar-refractivity contribution in [1.29, 1.82) is 0 Å². The Bertz CT molecular complexity index is 668. The number of phenolic OH excluding ortho intramolecular Hbond substituents is 1. The van der Waals surface area contributed by atoms with Gasteiger partial charge in [-0.1, -0.05) is 13.0 Å². The second kappa shape index (κ2) is 5.66. The number of nitro groups is 1. The van der Waals surface area contributed by atoms with Gasteiger partial charge in [-0.05, 0) is 35.5 Å². The topological polar surface area (TPSA) is 105 Å². The first-order chi connectivity index (χ1) is 9.51. The zero-order valence-corrected chi connectivity index (χ0v) is 11.3. The first-order valence-electron chi connectivity index (χ1n) is 5.74. The van der Waals surface area contributed by atoms with Gasteiger partial charge in [0.05, 0.1) is 10.5 Å². The van der Waals surface area contributed by atoms with Gasteiger partial charge in [0.2, 0.25) is 0 Å². The second-order valence-electron chi connectivity index (χ2n) is 3.92. The van der Waals surface area contributed by atoms with E-state index in [4.69, 9.17) is 0 Å². The summed E-state index contributed by atoms with van der Waals surface area (Å²) in [5.74, 6) is -0.701. The summed E-state index contributed by atoms with van der Waals surface area (Å²) in [4.78, 5) is 25.7. The first kappa shape index (κ1) is 13.9. The molecule has 0 saturated heterocycles. The van der Waals surface area contributed by atoms with E-state index in [1.54, 1.807) is 12.1 Å². The van der Waals surface area contributed by atoms with Crippen molar-refractivity contribution in [3.63, 3.8) is 0 Å². The smallest absolute Gasteiger partial charge is 0.345 e.